The van der Waals surface area contributed by atoms with Crippen LogP contribution in [0.3, 0.4) is 0 Å². The molecule has 1 saturated heterocycles. The number of nitrogens with one attached hydrogen (secondary N) is 1. The highest BCUT2D eigenvalue weighted by atomic mass is 19.4. The molecule has 1 aromatic carbocycles. The number of benzene rings is 1. The van der Waals surface area contributed by atoms with Crippen LogP contribution in [0.1, 0.15) is 12.0 Å². The molecule has 0 aromatic heterocycles. The molecule has 2 rings (SSSR count). The zero-order valence-electron chi connectivity index (χ0n) is 13.6. The Kier molecular flexibility index (Phi) is 5.36. The van der Waals surface area contributed by atoms with Gasteiger partial charge < -0.3 is 15.1 Å². The van der Waals surface area contributed by atoms with Gasteiger partial charge in [0.15, 0.2) is 0 Å². The van der Waals surface area contributed by atoms with Gasteiger partial charge in [0.1, 0.15) is 12.6 Å². The van der Waals surface area contributed by atoms with Crippen molar-refractivity contribution in [2.45, 2.75) is 25.1 Å². The Labute approximate surface area is 138 Å². The average molecular weight is 343 g/mol. The van der Waals surface area contributed by atoms with Gasteiger partial charge in [0.05, 0.1) is 6.42 Å². The lowest BCUT2D eigenvalue weighted by Gasteiger charge is -2.20. The first-order valence-corrected chi connectivity index (χ1v) is 7.57. The fourth-order valence-electron chi connectivity index (χ4n) is 2.57. The standard InChI is InChI=1S/C16H20F3N3O2/c1-21(2)14(23)9-11-5-3-4-6-12(11)20-13-7-8-22(15(13)24)10-16(17,18)19/h3-6,13,20H,7-10H2,1-2H3. The Morgan fingerprint density at radius 3 is 2.62 bits per heavy atom. The highest BCUT2D eigenvalue weighted by molar-refractivity contribution is 5.87. The molecule has 0 aliphatic carbocycles. The average Bonchev–Trinajstić information content (AvgIpc) is 2.80. The number of amides is 2. The Morgan fingerprint density at radius 1 is 1.33 bits per heavy atom. The van der Waals surface area contributed by atoms with Crippen LogP contribution in [-0.2, 0) is 16.0 Å². The van der Waals surface area contributed by atoms with Crippen LogP contribution in [0.5, 0.6) is 0 Å². The molecular weight excluding hydrogens is 323 g/mol. The quantitative estimate of drug-likeness (QED) is 0.888. The summed E-state index contributed by atoms with van der Waals surface area (Å²) in [6.07, 6.45) is -3.95. The molecule has 0 spiro atoms. The minimum Gasteiger partial charge on any atom is -0.373 e. The number of carbonyl (C=O) groups excluding carboxylic acids is 2. The highest BCUT2D eigenvalue weighted by Gasteiger charge is 2.39. The van der Waals surface area contributed by atoms with Gasteiger partial charge in [0, 0.05) is 26.3 Å². The van der Waals surface area contributed by atoms with Crippen molar-refractivity contribution in [3.63, 3.8) is 0 Å². The second-order valence-electron chi connectivity index (χ2n) is 5.98. The maximum absolute atomic E-state index is 12.5. The van der Waals surface area contributed by atoms with E-state index in [1.165, 1.54) is 4.90 Å². The summed E-state index contributed by atoms with van der Waals surface area (Å²) in [6, 6.07) is 6.30. The van der Waals surface area contributed by atoms with Crippen molar-refractivity contribution in [2.24, 2.45) is 0 Å². The third kappa shape index (κ3) is 4.62. The van der Waals surface area contributed by atoms with E-state index >= 15 is 0 Å². The van der Waals surface area contributed by atoms with Crippen molar-refractivity contribution in [1.29, 1.82) is 0 Å². The third-order valence-corrected chi connectivity index (χ3v) is 3.86. The van der Waals surface area contributed by atoms with E-state index in [0.29, 0.717) is 17.7 Å². The second kappa shape index (κ2) is 7.11. The molecule has 2 amide bonds. The molecule has 24 heavy (non-hydrogen) atoms. The van der Waals surface area contributed by atoms with Crippen LogP contribution in [0.4, 0.5) is 18.9 Å². The fourth-order valence-corrected chi connectivity index (χ4v) is 2.57. The number of para-hydroxylation sites is 1. The van der Waals surface area contributed by atoms with Crippen molar-refractivity contribution >= 4 is 17.5 Å². The van der Waals surface area contributed by atoms with Gasteiger partial charge in [0.2, 0.25) is 11.8 Å². The molecule has 1 N–H and O–H groups in total. The van der Waals surface area contributed by atoms with Crippen LogP contribution >= 0.6 is 0 Å². The van der Waals surface area contributed by atoms with Crippen molar-refractivity contribution in [1.82, 2.24) is 9.80 Å². The summed E-state index contributed by atoms with van der Waals surface area (Å²) in [6.45, 7) is -1.17. The first kappa shape index (κ1) is 18.1. The topological polar surface area (TPSA) is 52.7 Å². The number of alkyl halides is 3. The van der Waals surface area contributed by atoms with Crippen LogP contribution in [-0.4, -0.2) is 61.0 Å². The van der Waals surface area contributed by atoms with Crippen LogP contribution in [0.25, 0.3) is 0 Å². The predicted molar refractivity (Wildman–Crippen MR) is 83.5 cm³/mol. The van der Waals surface area contributed by atoms with E-state index in [0.717, 1.165) is 4.90 Å². The molecule has 0 radical (unpaired) electrons. The lowest BCUT2D eigenvalue weighted by atomic mass is 10.1. The summed E-state index contributed by atoms with van der Waals surface area (Å²) in [4.78, 5) is 26.3. The van der Waals surface area contributed by atoms with Crippen molar-refractivity contribution < 1.29 is 22.8 Å². The molecule has 0 saturated carbocycles. The van der Waals surface area contributed by atoms with Gasteiger partial charge in [-0.15, -0.1) is 0 Å². The Balaban J connectivity index is 2.07. The van der Waals surface area contributed by atoms with E-state index < -0.39 is 24.7 Å². The van der Waals surface area contributed by atoms with Gasteiger partial charge in [-0.2, -0.15) is 13.2 Å². The van der Waals surface area contributed by atoms with E-state index in [1.807, 2.05) is 0 Å². The molecule has 1 fully saturated rings. The molecule has 1 aliphatic rings. The van der Waals surface area contributed by atoms with Gasteiger partial charge in [-0.25, -0.2) is 0 Å². The van der Waals surface area contributed by atoms with Crippen LogP contribution in [0.2, 0.25) is 0 Å². The lowest BCUT2D eigenvalue weighted by molar-refractivity contribution is -0.157. The molecule has 1 heterocycles. The number of hydrogen-bond acceptors (Lipinski definition) is 3. The molecule has 8 heteroatoms. The fraction of sp³-hybridized carbons (Fsp3) is 0.500. The summed E-state index contributed by atoms with van der Waals surface area (Å²) < 4.78 is 37.4. The van der Waals surface area contributed by atoms with Gasteiger partial charge in [0.25, 0.3) is 0 Å². The molecule has 1 unspecified atom stereocenters. The maximum Gasteiger partial charge on any atom is 0.406 e. The molecule has 1 atom stereocenters. The molecule has 1 aliphatic heterocycles. The molecule has 0 bridgehead atoms. The SMILES string of the molecule is CN(C)C(=O)Cc1ccccc1NC1CCN(CC(F)(F)F)C1=O. The second-order valence-corrected chi connectivity index (χ2v) is 5.98. The zero-order valence-corrected chi connectivity index (χ0v) is 13.6. The first-order chi connectivity index (χ1) is 11.2. The number of likely N-dealkylation sites (N-methyl/N-ethyl adjacent to an activating group) is 1. The number of carbonyl (C=O) groups is 2. The maximum atomic E-state index is 12.5. The van der Waals surface area contributed by atoms with Gasteiger partial charge in [-0.05, 0) is 18.1 Å². The summed E-state index contributed by atoms with van der Waals surface area (Å²) in [5, 5.41) is 2.99. The Bertz CT molecular complexity index is 617. The first-order valence-electron chi connectivity index (χ1n) is 7.57. The lowest BCUT2D eigenvalue weighted by Crippen LogP contribution is -2.39. The Hall–Kier alpha value is -2.25. The van der Waals surface area contributed by atoms with Crippen LogP contribution in [0.15, 0.2) is 24.3 Å². The van der Waals surface area contributed by atoms with Gasteiger partial charge in [-0.1, -0.05) is 18.2 Å². The number of likely N-dealkylation sites (tertiary alicyclic amines) is 1. The van der Waals surface area contributed by atoms with Gasteiger partial charge >= 0.3 is 6.18 Å². The molecular formula is C16H20F3N3O2. The summed E-state index contributed by atoms with van der Waals surface area (Å²) in [5.41, 5.74) is 1.30. The van der Waals surface area contributed by atoms with Crippen LogP contribution in [0, 0.1) is 0 Å². The minimum atomic E-state index is -4.40. The smallest absolute Gasteiger partial charge is 0.373 e. The molecule has 132 valence electrons. The minimum absolute atomic E-state index is 0.0643. The predicted octanol–water partition coefficient (Wildman–Crippen LogP) is 1.89. The van der Waals surface area contributed by atoms with Crippen molar-refractivity contribution in [3.05, 3.63) is 29.8 Å². The molecule has 1 aromatic rings. The summed E-state index contributed by atoms with van der Waals surface area (Å²) in [7, 11) is 3.29. The number of halogens is 3. The highest BCUT2D eigenvalue weighted by Crippen LogP contribution is 2.24. The zero-order chi connectivity index (χ0) is 17.9. The van der Waals surface area contributed by atoms with Gasteiger partial charge in [-0.3, -0.25) is 9.59 Å². The Morgan fingerprint density at radius 2 is 2.00 bits per heavy atom. The third-order valence-electron chi connectivity index (χ3n) is 3.86. The van der Waals surface area contributed by atoms with Crippen molar-refractivity contribution in [2.75, 3.05) is 32.5 Å². The van der Waals surface area contributed by atoms with Crippen LogP contribution < -0.4 is 5.32 Å². The van der Waals surface area contributed by atoms with E-state index in [4.69, 9.17) is 0 Å². The van der Waals surface area contributed by atoms with Crippen molar-refractivity contribution in [3.8, 4) is 0 Å². The molecule has 5 nitrogen and oxygen atoms in total. The largest absolute Gasteiger partial charge is 0.406 e. The number of anilines is 1. The van der Waals surface area contributed by atoms with E-state index in [2.05, 4.69) is 5.32 Å². The number of hydrogen-bond donors (Lipinski definition) is 1. The van der Waals surface area contributed by atoms with E-state index in [1.54, 1.807) is 38.4 Å². The van der Waals surface area contributed by atoms with E-state index in [-0.39, 0.29) is 18.9 Å². The van der Waals surface area contributed by atoms with E-state index in [9.17, 15) is 22.8 Å². The number of nitrogens with zero attached hydrogens (tertiary/aromatic N) is 2. The summed E-state index contributed by atoms with van der Waals surface area (Å²) >= 11 is 0. The number of rotatable bonds is 5. The summed E-state index contributed by atoms with van der Waals surface area (Å²) in [5.74, 6) is -0.665. The monoisotopic (exact) mass is 343 g/mol. The normalized spacial score (nSPS) is 18.0.